The van der Waals surface area contributed by atoms with Crippen LogP contribution < -0.4 is 4.90 Å². The largest absolute Gasteiger partial charge is 0.456 e. The van der Waals surface area contributed by atoms with Crippen LogP contribution in [0.25, 0.3) is 55.0 Å². The zero-order chi connectivity index (χ0) is 27.5. The minimum atomic E-state index is 0.608. The van der Waals surface area contributed by atoms with E-state index in [9.17, 15) is 0 Å². The quantitative estimate of drug-likeness (QED) is 0.211. The molecule has 0 N–H and O–H groups in total. The second-order valence-electron chi connectivity index (χ2n) is 10.1. The Balaban J connectivity index is 1.28. The monoisotopic (exact) mass is 569 g/mol. The number of para-hydroxylation sites is 2. The SMILES string of the molecule is Clc1cc(Cl)cc(-c2ccc3oc4cc(N(c5ccccc5)c5ccc6oc7ccccc7c6c5)ccc4c3c2)c1. The molecule has 196 valence electrons. The van der Waals surface area contributed by atoms with Crippen LogP contribution in [-0.2, 0) is 0 Å². The lowest BCUT2D eigenvalue weighted by Crippen LogP contribution is -2.09. The van der Waals surface area contributed by atoms with Crippen molar-refractivity contribution in [2.24, 2.45) is 0 Å². The molecule has 0 spiro atoms. The molecule has 0 saturated heterocycles. The summed E-state index contributed by atoms with van der Waals surface area (Å²) in [5.74, 6) is 0. The lowest BCUT2D eigenvalue weighted by Gasteiger charge is -2.25. The molecule has 5 heteroatoms. The van der Waals surface area contributed by atoms with Crippen molar-refractivity contribution in [2.45, 2.75) is 0 Å². The molecule has 2 aromatic heterocycles. The summed E-state index contributed by atoms with van der Waals surface area (Å²) in [7, 11) is 0. The van der Waals surface area contributed by atoms with Crippen molar-refractivity contribution in [2.75, 3.05) is 4.90 Å². The van der Waals surface area contributed by atoms with E-state index in [1.165, 1.54) is 0 Å². The number of rotatable bonds is 4. The third-order valence-corrected chi connectivity index (χ3v) is 7.98. The topological polar surface area (TPSA) is 29.5 Å². The van der Waals surface area contributed by atoms with Gasteiger partial charge in [-0.2, -0.15) is 0 Å². The summed E-state index contributed by atoms with van der Waals surface area (Å²) in [4.78, 5) is 2.24. The van der Waals surface area contributed by atoms with Gasteiger partial charge >= 0.3 is 0 Å². The second-order valence-corrected chi connectivity index (χ2v) is 11.0. The van der Waals surface area contributed by atoms with Crippen LogP contribution in [-0.4, -0.2) is 0 Å². The van der Waals surface area contributed by atoms with E-state index >= 15 is 0 Å². The first-order valence-corrected chi connectivity index (χ1v) is 14.1. The average molecular weight is 570 g/mol. The number of nitrogens with zero attached hydrogens (tertiary/aromatic N) is 1. The van der Waals surface area contributed by atoms with Crippen LogP contribution in [0, 0.1) is 0 Å². The summed E-state index contributed by atoms with van der Waals surface area (Å²) in [6, 6.07) is 43.0. The molecule has 0 atom stereocenters. The Hall–Kier alpha value is -4.70. The summed E-state index contributed by atoms with van der Waals surface area (Å²) in [6.45, 7) is 0. The Labute approximate surface area is 245 Å². The fraction of sp³-hybridized carbons (Fsp3) is 0. The highest BCUT2D eigenvalue weighted by molar-refractivity contribution is 6.35. The number of anilines is 3. The van der Waals surface area contributed by atoms with Gasteiger partial charge in [-0.25, -0.2) is 0 Å². The Morgan fingerprint density at radius 3 is 1.83 bits per heavy atom. The highest BCUT2D eigenvalue weighted by Gasteiger charge is 2.17. The highest BCUT2D eigenvalue weighted by atomic mass is 35.5. The van der Waals surface area contributed by atoms with Gasteiger partial charge in [-0.1, -0.05) is 65.7 Å². The molecule has 0 bridgehead atoms. The van der Waals surface area contributed by atoms with Crippen molar-refractivity contribution in [3.63, 3.8) is 0 Å². The summed E-state index contributed by atoms with van der Waals surface area (Å²) >= 11 is 12.6. The molecule has 8 aromatic rings. The van der Waals surface area contributed by atoms with E-state index < -0.39 is 0 Å². The van der Waals surface area contributed by atoms with E-state index in [0.717, 1.165) is 72.1 Å². The van der Waals surface area contributed by atoms with E-state index in [4.69, 9.17) is 32.0 Å². The number of halogens is 2. The Kier molecular flexibility index (Phi) is 5.56. The van der Waals surface area contributed by atoms with E-state index in [2.05, 4.69) is 71.6 Å². The predicted octanol–water partition coefficient (Wildman–Crippen LogP) is 11.9. The Morgan fingerprint density at radius 2 is 1.00 bits per heavy atom. The summed E-state index contributed by atoms with van der Waals surface area (Å²) in [6.07, 6.45) is 0. The maximum absolute atomic E-state index is 6.38. The first-order chi connectivity index (χ1) is 20.1. The molecule has 3 nitrogen and oxygen atoms in total. The molecule has 41 heavy (non-hydrogen) atoms. The molecule has 0 fully saturated rings. The third kappa shape index (κ3) is 4.13. The number of benzene rings is 6. The smallest absolute Gasteiger partial charge is 0.137 e. The van der Waals surface area contributed by atoms with Gasteiger partial charge in [-0.3, -0.25) is 0 Å². The maximum atomic E-state index is 6.38. The molecular weight excluding hydrogens is 549 g/mol. The second kappa shape index (κ2) is 9.45. The molecular formula is C36H21Cl2NO2. The van der Waals surface area contributed by atoms with Crippen LogP contribution in [0.2, 0.25) is 10.0 Å². The van der Waals surface area contributed by atoms with E-state index in [0.29, 0.717) is 10.0 Å². The molecule has 8 rings (SSSR count). The molecule has 0 amide bonds. The van der Waals surface area contributed by atoms with E-state index in [-0.39, 0.29) is 0 Å². The first kappa shape index (κ1) is 24.1. The average Bonchev–Trinajstić information content (AvgIpc) is 3.54. The fourth-order valence-corrected chi connectivity index (χ4v) is 6.21. The molecule has 0 aliphatic rings. The third-order valence-electron chi connectivity index (χ3n) is 7.54. The van der Waals surface area contributed by atoms with E-state index in [1.54, 1.807) is 6.07 Å². The zero-order valence-electron chi connectivity index (χ0n) is 21.6. The highest BCUT2D eigenvalue weighted by Crippen LogP contribution is 2.41. The van der Waals surface area contributed by atoms with Crippen LogP contribution in [0.5, 0.6) is 0 Å². The number of furan rings is 2. The number of fused-ring (bicyclic) bond motifs is 6. The van der Waals surface area contributed by atoms with Gasteiger partial charge in [0, 0.05) is 54.7 Å². The van der Waals surface area contributed by atoms with Crippen LogP contribution in [0.1, 0.15) is 0 Å². The fourth-order valence-electron chi connectivity index (χ4n) is 5.68. The van der Waals surface area contributed by atoms with Gasteiger partial charge in [-0.05, 0) is 90.0 Å². The first-order valence-electron chi connectivity index (χ1n) is 13.3. The van der Waals surface area contributed by atoms with Gasteiger partial charge in [0.1, 0.15) is 22.3 Å². The maximum Gasteiger partial charge on any atom is 0.137 e. The van der Waals surface area contributed by atoms with Crippen LogP contribution in [0.15, 0.2) is 136 Å². The lowest BCUT2D eigenvalue weighted by molar-refractivity contribution is 0.668. The lowest BCUT2D eigenvalue weighted by atomic mass is 10.0. The van der Waals surface area contributed by atoms with Gasteiger partial charge in [-0.15, -0.1) is 0 Å². The minimum Gasteiger partial charge on any atom is -0.456 e. The van der Waals surface area contributed by atoms with Crippen molar-refractivity contribution in [3.05, 3.63) is 137 Å². The van der Waals surface area contributed by atoms with Crippen molar-refractivity contribution in [3.8, 4) is 11.1 Å². The van der Waals surface area contributed by atoms with E-state index in [1.807, 2.05) is 54.6 Å². The zero-order valence-corrected chi connectivity index (χ0v) is 23.2. The summed E-state index contributed by atoms with van der Waals surface area (Å²) in [5.41, 5.74) is 8.47. The van der Waals surface area contributed by atoms with Crippen molar-refractivity contribution < 1.29 is 8.83 Å². The molecule has 2 heterocycles. The molecule has 0 radical (unpaired) electrons. The van der Waals surface area contributed by atoms with Crippen molar-refractivity contribution >= 4 is 84.1 Å². The van der Waals surface area contributed by atoms with Gasteiger partial charge < -0.3 is 13.7 Å². The van der Waals surface area contributed by atoms with Crippen molar-refractivity contribution in [1.29, 1.82) is 0 Å². The van der Waals surface area contributed by atoms with Gasteiger partial charge in [0.05, 0.1) is 0 Å². The number of hydrogen-bond donors (Lipinski definition) is 0. The summed E-state index contributed by atoms with van der Waals surface area (Å²) < 4.78 is 12.5. The van der Waals surface area contributed by atoms with Gasteiger partial charge in [0.2, 0.25) is 0 Å². The predicted molar refractivity (Wildman–Crippen MR) is 171 cm³/mol. The summed E-state index contributed by atoms with van der Waals surface area (Å²) in [5, 5.41) is 5.48. The van der Waals surface area contributed by atoms with Gasteiger partial charge in [0.25, 0.3) is 0 Å². The molecule has 0 aliphatic carbocycles. The van der Waals surface area contributed by atoms with Crippen LogP contribution in [0.4, 0.5) is 17.1 Å². The van der Waals surface area contributed by atoms with Crippen LogP contribution >= 0.6 is 23.2 Å². The van der Waals surface area contributed by atoms with Crippen molar-refractivity contribution in [1.82, 2.24) is 0 Å². The minimum absolute atomic E-state index is 0.608. The normalized spacial score (nSPS) is 11.7. The molecule has 6 aromatic carbocycles. The molecule has 0 saturated carbocycles. The Bertz CT molecular complexity index is 2230. The van der Waals surface area contributed by atoms with Crippen LogP contribution in [0.3, 0.4) is 0 Å². The Morgan fingerprint density at radius 1 is 0.390 bits per heavy atom. The molecule has 0 aliphatic heterocycles. The van der Waals surface area contributed by atoms with Gasteiger partial charge in [0.15, 0.2) is 0 Å². The molecule has 0 unspecified atom stereocenters. The standard InChI is InChI=1S/C36H21Cl2NO2/c37-24-16-23(17-25(38)19-24)22-10-14-34-31(18-22)30-13-11-28(21-36(30)41-34)39(26-6-2-1-3-7-26)27-12-15-35-32(20-27)29-8-4-5-9-33(29)40-35/h1-21H. The number of hydrogen-bond acceptors (Lipinski definition) is 3.